The van der Waals surface area contributed by atoms with E-state index >= 15 is 0 Å². The summed E-state index contributed by atoms with van der Waals surface area (Å²) >= 11 is 3.36. The van der Waals surface area contributed by atoms with Crippen LogP contribution in [0.3, 0.4) is 0 Å². The molecule has 1 nitrogen and oxygen atoms in total. The Labute approximate surface area is 65.0 Å². The van der Waals surface area contributed by atoms with E-state index in [4.69, 9.17) is 0 Å². The van der Waals surface area contributed by atoms with Crippen LogP contribution in [0.5, 0.6) is 0 Å². The maximum Gasteiger partial charge on any atom is 0.0149 e. The molecule has 1 N–H and O–H groups in total. The lowest BCUT2D eigenvalue weighted by molar-refractivity contribution is 0.990. The van der Waals surface area contributed by atoms with Gasteiger partial charge in [-0.15, -0.1) is 0 Å². The SMILES string of the molecule is C/C=C(Br)\C=C(/C)NC. The maximum absolute atomic E-state index is 3.36. The summed E-state index contributed by atoms with van der Waals surface area (Å²) in [7, 11) is 1.90. The Hall–Kier alpha value is -0.240. The molecule has 52 valence electrons. The number of nitrogens with one attached hydrogen (secondary N) is 1. The molecule has 2 heteroatoms. The van der Waals surface area contributed by atoms with Crippen molar-refractivity contribution in [2.45, 2.75) is 13.8 Å². The minimum absolute atomic E-state index is 1.11. The Balaban J connectivity index is 3.95. The van der Waals surface area contributed by atoms with Crippen molar-refractivity contribution in [2.75, 3.05) is 7.05 Å². The van der Waals surface area contributed by atoms with E-state index in [2.05, 4.69) is 21.2 Å². The molecule has 0 spiro atoms. The highest BCUT2D eigenvalue weighted by Crippen LogP contribution is 2.07. The highest BCUT2D eigenvalue weighted by molar-refractivity contribution is 9.11. The van der Waals surface area contributed by atoms with Crippen molar-refractivity contribution in [3.8, 4) is 0 Å². The van der Waals surface area contributed by atoms with Crippen molar-refractivity contribution in [3.63, 3.8) is 0 Å². The van der Waals surface area contributed by atoms with Gasteiger partial charge in [0, 0.05) is 17.2 Å². The number of hydrogen-bond acceptors (Lipinski definition) is 1. The Bertz CT molecular complexity index is 136. The van der Waals surface area contributed by atoms with E-state index in [1.54, 1.807) is 0 Å². The molecule has 0 unspecified atom stereocenters. The molecule has 0 aliphatic carbocycles. The Morgan fingerprint density at radius 3 is 2.44 bits per heavy atom. The average Bonchev–Trinajstić information content (AvgIpc) is 1.87. The highest BCUT2D eigenvalue weighted by Gasteiger charge is 1.83. The van der Waals surface area contributed by atoms with E-state index < -0.39 is 0 Å². The van der Waals surface area contributed by atoms with Crippen LogP contribution < -0.4 is 5.32 Å². The van der Waals surface area contributed by atoms with E-state index in [0.29, 0.717) is 0 Å². The molecular weight excluding hydrogens is 178 g/mol. The van der Waals surface area contributed by atoms with Gasteiger partial charge in [0.1, 0.15) is 0 Å². The predicted octanol–water partition coefficient (Wildman–Crippen LogP) is 2.41. The van der Waals surface area contributed by atoms with Crippen molar-refractivity contribution in [3.05, 3.63) is 22.3 Å². The van der Waals surface area contributed by atoms with Crippen LogP contribution in [0.4, 0.5) is 0 Å². The van der Waals surface area contributed by atoms with E-state index in [1.807, 2.05) is 33.0 Å². The summed E-state index contributed by atoms with van der Waals surface area (Å²) in [5.74, 6) is 0. The van der Waals surface area contributed by atoms with Crippen LogP contribution in [-0.4, -0.2) is 7.05 Å². The first-order chi connectivity index (χ1) is 4.20. The van der Waals surface area contributed by atoms with Crippen LogP contribution in [-0.2, 0) is 0 Å². The second-order valence-electron chi connectivity index (χ2n) is 1.75. The molecule has 0 bridgehead atoms. The molecule has 9 heavy (non-hydrogen) atoms. The molecule has 0 radical (unpaired) electrons. The average molecular weight is 190 g/mol. The molecule has 0 rings (SSSR count). The lowest BCUT2D eigenvalue weighted by Gasteiger charge is -1.96. The molecule has 0 aliphatic rings. The van der Waals surface area contributed by atoms with Crippen LogP contribution in [0.25, 0.3) is 0 Å². The zero-order valence-electron chi connectivity index (χ0n) is 6.03. The minimum Gasteiger partial charge on any atom is -0.392 e. The minimum atomic E-state index is 1.11. The Morgan fingerprint density at radius 1 is 1.56 bits per heavy atom. The van der Waals surface area contributed by atoms with E-state index in [1.165, 1.54) is 0 Å². The lowest BCUT2D eigenvalue weighted by atomic mass is 10.4. The van der Waals surface area contributed by atoms with Gasteiger partial charge in [-0.05, 0) is 19.9 Å². The molecule has 0 aromatic rings. The summed E-state index contributed by atoms with van der Waals surface area (Å²) in [6.45, 7) is 4.01. The maximum atomic E-state index is 3.36. The second kappa shape index (κ2) is 4.62. The summed E-state index contributed by atoms with van der Waals surface area (Å²) in [6, 6.07) is 0. The summed E-state index contributed by atoms with van der Waals surface area (Å²) < 4.78 is 1.11. The summed E-state index contributed by atoms with van der Waals surface area (Å²) in [5, 5.41) is 3.02. The van der Waals surface area contributed by atoms with Gasteiger partial charge in [-0.1, -0.05) is 22.0 Å². The Kier molecular flexibility index (Phi) is 4.50. The topological polar surface area (TPSA) is 12.0 Å². The third-order valence-electron chi connectivity index (χ3n) is 1.02. The third-order valence-corrected chi connectivity index (χ3v) is 1.71. The smallest absolute Gasteiger partial charge is 0.0149 e. The van der Waals surface area contributed by atoms with Crippen LogP contribution in [0.2, 0.25) is 0 Å². The van der Waals surface area contributed by atoms with Crippen molar-refractivity contribution in [1.82, 2.24) is 5.32 Å². The van der Waals surface area contributed by atoms with Crippen LogP contribution in [0.1, 0.15) is 13.8 Å². The van der Waals surface area contributed by atoms with Gasteiger partial charge in [0.2, 0.25) is 0 Å². The van der Waals surface area contributed by atoms with E-state index in [0.717, 1.165) is 10.2 Å². The molecule has 0 aromatic carbocycles. The van der Waals surface area contributed by atoms with Crippen LogP contribution in [0, 0.1) is 0 Å². The van der Waals surface area contributed by atoms with Crippen LogP contribution in [0.15, 0.2) is 22.3 Å². The fraction of sp³-hybridized carbons (Fsp3) is 0.429. The molecule has 0 amide bonds. The van der Waals surface area contributed by atoms with Crippen molar-refractivity contribution in [1.29, 1.82) is 0 Å². The van der Waals surface area contributed by atoms with Crippen LogP contribution >= 0.6 is 15.9 Å². The van der Waals surface area contributed by atoms with Gasteiger partial charge < -0.3 is 5.32 Å². The zero-order valence-corrected chi connectivity index (χ0v) is 7.62. The van der Waals surface area contributed by atoms with E-state index in [-0.39, 0.29) is 0 Å². The van der Waals surface area contributed by atoms with Crippen molar-refractivity contribution >= 4 is 15.9 Å². The first-order valence-corrected chi connectivity index (χ1v) is 3.68. The third kappa shape index (κ3) is 4.28. The van der Waals surface area contributed by atoms with Gasteiger partial charge in [0.15, 0.2) is 0 Å². The molecule has 0 aliphatic heterocycles. The lowest BCUT2D eigenvalue weighted by Crippen LogP contribution is -2.00. The second-order valence-corrected chi connectivity index (χ2v) is 2.67. The van der Waals surface area contributed by atoms with E-state index in [9.17, 15) is 0 Å². The highest BCUT2D eigenvalue weighted by atomic mass is 79.9. The quantitative estimate of drug-likeness (QED) is 0.659. The largest absolute Gasteiger partial charge is 0.392 e. The monoisotopic (exact) mass is 189 g/mol. The fourth-order valence-electron chi connectivity index (χ4n) is 0.362. The molecular formula is C7H12BrN. The standard InChI is InChI=1S/C7H12BrN/c1-4-7(8)5-6(2)9-3/h4-5,9H,1-3H3/b6-5+,7-4+. The Morgan fingerprint density at radius 2 is 2.11 bits per heavy atom. The van der Waals surface area contributed by atoms with Gasteiger partial charge in [0.05, 0.1) is 0 Å². The summed E-state index contributed by atoms with van der Waals surface area (Å²) in [5.41, 5.74) is 1.15. The summed E-state index contributed by atoms with van der Waals surface area (Å²) in [6.07, 6.45) is 4.03. The zero-order chi connectivity index (χ0) is 7.28. The predicted molar refractivity (Wildman–Crippen MR) is 45.5 cm³/mol. The van der Waals surface area contributed by atoms with Gasteiger partial charge >= 0.3 is 0 Å². The molecule has 0 fully saturated rings. The fourth-order valence-corrected chi connectivity index (χ4v) is 0.706. The molecule has 0 heterocycles. The molecule has 0 saturated heterocycles. The molecule has 0 aromatic heterocycles. The first kappa shape index (κ1) is 8.76. The van der Waals surface area contributed by atoms with Gasteiger partial charge in [-0.2, -0.15) is 0 Å². The van der Waals surface area contributed by atoms with Gasteiger partial charge in [-0.25, -0.2) is 0 Å². The number of hydrogen-bond donors (Lipinski definition) is 1. The number of rotatable bonds is 2. The van der Waals surface area contributed by atoms with Crippen molar-refractivity contribution in [2.24, 2.45) is 0 Å². The van der Waals surface area contributed by atoms with Gasteiger partial charge in [0.25, 0.3) is 0 Å². The van der Waals surface area contributed by atoms with Crippen molar-refractivity contribution < 1.29 is 0 Å². The molecule has 0 atom stereocenters. The normalized spacial score (nSPS) is 13.8. The van der Waals surface area contributed by atoms with Gasteiger partial charge in [-0.3, -0.25) is 0 Å². The molecule has 0 saturated carbocycles. The number of halogens is 1. The first-order valence-electron chi connectivity index (χ1n) is 2.88. The summed E-state index contributed by atoms with van der Waals surface area (Å²) in [4.78, 5) is 0. The number of allylic oxidation sites excluding steroid dienone is 4.